The maximum Gasteiger partial charge on any atom is 0.145 e. The highest BCUT2D eigenvalue weighted by Gasteiger charge is 2.56. The summed E-state index contributed by atoms with van der Waals surface area (Å²) in [6.45, 7) is 0. The van der Waals surface area contributed by atoms with Gasteiger partial charge in [0.05, 0.1) is 29.8 Å². The van der Waals surface area contributed by atoms with Gasteiger partial charge < -0.3 is 24.5 Å². The molecule has 7 heteroatoms. The number of hydrogen-bond donors (Lipinski definition) is 3. The molecule has 0 bridgehead atoms. The first kappa shape index (κ1) is 18.0. The molecule has 1 spiro atoms. The molecule has 1 aromatic heterocycles. The van der Waals surface area contributed by atoms with Crippen molar-refractivity contribution in [3.8, 4) is 0 Å². The summed E-state index contributed by atoms with van der Waals surface area (Å²) in [5, 5.41) is 20.3. The van der Waals surface area contributed by atoms with Gasteiger partial charge in [0.25, 0.3) is 0 Å². The third-order valence-electron chi connectivity index (χ3n) is 6.26. The Labute approximate surface area is 168 Å². The first-order valence-electron chi connectivity index (χ1n) is 9.84. The topological polar surface area (TPSA) is 94.5 Å². The normalized spacial score (nSPS) is 23.4. The van der Waals surface area contributed by atoms with Crippen molar-refractivity contribution < 1.29 is 14.6 Å². The van der Waals surface area contributed by atoms with Crippen molar-refractivity contribution in [1.29, 1.82) is 5.41 Å². The molecule has 7 nitrogen and oxygen atoms in total. The number of aromatic nitrogens is 2. The molecule has 2 heterocycles. The molecule has 150 valence electrons. The Balaban J connectivity index is 1.62. The van der Waals surface area contributed by atoms with E-state index in [-0.39, 0.29) is 17.7 Å². The van der Waals surface area contributed by atoms with E-state index in [4.69, 9.17) is 14.9 Å². The molecule has 2 aromatic rings. The Kier molecular flexibility index (Phi) is 4.03. The summed E-state index contributed by atoms with van der Waals surface area (Å²) in [6, 6.07) is 7.73. The van der Waals surface area contributed by atoms with Crippen LogP contribution < -0.4 is 0 Å². The zero-order chi connectivity index (χ0) is 20.2. The van der Waals surface area contributed by atoms with E-state index in [2.05, 4.69) is 9.97 Å². The monoisotopic (exact) mass is 392 g/mol. The van der Waals surface area contributed by atoms with Gasteiger partial charge in [-0.05, 0) is 43.5 Å². The number of hydrogen-bond acceptors (Lipinski definition) is 5. The van der Waals surface area contributed by atoms with Gasteiger partial charge in [0.1, 0.15) is 28.7 Å². The molecule has 1 fully saturated rings. The number of nitrogens with one attached hydrogen (secondary N) is 2. The predicted octanol–water partition coefficient (Wildman–Crippen LogP) is 3.88. The van der Waals surface area contributed by atoms with Gasteiger partial charge in [-0.2, -0.15) is 0 Å². The van der Waals surface area contributed by atoms with E-state index in [1.54, 1.807) is 14.2 Å². The van der Waals surface area contributed by atoms with Gasteiger partial charge in [0, 0.05) is 19.2 Å². The van der Waals surface area contributed by atoms with E-state index in [9.17, 15) is 5.11 Å². The number of methoxy groups -OCH3 is 2. The molecular weight excluding hydrogens is 368 g/mol. The van der Waals surface area contributed by atoms with Crippen LogP contribution in [0.5, 0.6) is 0 Å². The molecular formula is C22H24N4O3. The lowest BCUT2D eigenvalue weighted by molar-refractivity contribution is 0.0926. The van der Waals surface area contributed by atoms with Gasteiger partial charge in [-0.1, -0.05) is 12.1 Å². The second kappa shape index (κ2) is 6.49. The van der Waals surface area contributed by atoms with Gasteiger partial charge >= 0.3 is 0 Å². The van der Waals surface area contributed by atoms with Crippen LogP contribution in [-0.4, -0.2) is 51.7 Å². The molecule has 3 N–H and O–H groups in total. The smallest absolute Gasteiger partial charge is 0.145 e. The summed E-state index contributed by atoms with van der Waals surface area (Å²) in [5.41, 5.74) is 2.39. The minimum atomic E-state index is -0.595. The average molecular weight is 392 g/mol. The maximum atomic E-state index is 11.3. The van der Waals surface area contributed by atoms with Crippen molar-refractivity contribution in [3.05, 3.63) is 59.5 Å². The average Bonchev–Trinajstić information content (AvgIpc) is 3.22. The lowest BCUT2D eigenvalue weighted by Crippen LogP contribution is -2.52. The van der Waals surface area contributed by atoms with Crippen LogP contribution in [0.1, 0.15) is 31.5 Å². The van der Waals surface area contributed by atoms with Crippen molar-refractivity contribution in [1.82, 2.24) is 14.9 Å². The first-order chi connectivity index (χ1) is 14.1. The fourth-order valence-electron chi connectivity index (χ4n) is 4.57. The summed E-state index contributed by atoms with van der Waals surface area (Å²) >= 11 is 0. The summed E-state index contributed by atoms with van der Waals surface area (Å²) in [6.07, 6.45) is 7.05. The SMILES string of the molecule is COC1=CC(N2C(=N)C(c3nc4ccccc4[nH]3)=C(O)C23CCC3)=CC(OC)C1. The van der Waals surface area contributed by atoms with Crippen molar-refractivity contribution in [2.45, 2.75) is 37.3 Å². The zero-order valence-corrected chi connectivity index (χ0v) is 16.5. The van der Waals surface area contributed by atoms with Crippen molar-refractivity contribution in [2.75, 3.05) is 14.2 Å². The standard InChI is InChI=1S/C22H24N4O3/c1-28-14-10-13(11-15(12-14)29-2)26-20(23)18(19(27)22(26)8-5-9-22)21-24-16-6-3-4-7-17(16)25-21/h3-4,6-7,10-11,14,23,27H,5,8-9,12H2,1-2H3,(H,24,25). The molecule has 0 saturated heterocycles. The Bertz CT molecular complexity index is 1060. The van der Waals surface area contributed by atoms with E-state index in [0.717, 1.165) is 41.8 Å². The lowest BCUT2D eigenvalue weighted by Gasteiger charge is -2.47. The Morgan fingerprint density at radius 1 is 1.28 bits per heavy atom. The van der Waals surface area contributed by atoms with Crippen LogP contribution in [0.4, 0.5) is 0 Å². The number of nitrogens with zero attached hydrogens (tertiary/aromatic N) is 2. The summed E-state index contributed by atoms with van der Waals surface area (Å²) in [4.78, 5) is 9.83. The van der Waals surface area contributed by atoms with E-state index >= 15 is 0 Å². The van der Waals surface area contributed by atoms with Gasteiger partial charge in [-0.15, -0.1) is 0 Å². The number of amidine groups is 1. The molecule has 1 atom stereocenters. The second-order valence-corrected chi connectivity index (χ2v) is 7.78. The van der Waals surface area contributed by atoms with Crippen molar-refractivity contribution in [3.63, 3.8) is 0 Å². The second-order valence-electron chi connectivity index (χ2n) is 7.78. The van der Waals surface area contributed by atoms with Crippen LogP contribution in [-0.2, 0) is 9.47 Å². The quantitative estimate of drug-likeness (QED) is 0.734. The highest BCUT2D eigenvalue weighted by Crippen LogP contribution is 2.52. The van der Waals surface area contributed by atoms with E-state index in [1.807, 2.05) is 41.3 Å². The fraction of sp³-hybridized carbons (Fsp3) is 0.364. The van der Waals surface area contributed by atoms with E-state index < -0.39 is 5.54 Å². The number of allylic oxidation sites excluding steroid dienone is 1. The summed E-state index contributed by atoms with van der Waals surface area (Å²) in [7, 11) is 3.31. The fourth-order valence-corrected chi connectivity index (χ4v) is 4.57. The zero-order valence-electron chi connectivity index (χ0n) is 16.5. The highest BCUT2D eigenvalue weighted by atomic mass is 16.5. The summed E-state index contributed by atoms with van der Waals surface area (Å²) < 4.78 is 11.1. The molecule has 3 aliphatic rings. The third-order valence-corrected chi connectivity index (χ3v) is 6.26. The van der Waals surface area contributed by atoms with Gasteiger partial charge in [0.15, 0.2) is 0 Å². The number of ether oxygens (including phenoxy) is 2. The van der Waals surface area contributed by atoms with Gasteiger partial charge in [-0.25, -0.2) is 4.98 Å². The molecule has 29 heavy (non-hydrogen) atoms. The molecule has 0 amide bonds. The number of aromatic amines is 1. The van der Waals surface area contributed by atoms with Gasteiger partial charge in [-0.3, -0.25) is 5.41 Å². The number of para-hydroxylation sites is 2. The van der Waals surface area contributed by atoms with Crippen LogP contribution in [0.15, 0.2) is 53.6 Å². The third kappa shape index (κ3) is 2.54. The Morgan fingerprint density at radius 2 is 2.07 bits per heavy atom. The van der Waals surface area contributed by atoms with Crippen molar-refractivity contribution in [2.24, 2.45) is 0 Å². The van der Waals surface area contributed by atoms with Crippen LogP contribution in [0, 0.1) is 5.41 Å². The number of imidazole rings is 1. The number of H-pyrrole nitrogens is 1. The van der Waals surface area contributed by atoms with Crippen LogP contribution >= 0.6 is 0 Å². The first-order valence-corrected chi connectivity index (χ1v) is 9.84. The number of aliphatic hydroxyl groups is 1. The van der Waals surface area contributed by atoms with Crippen LogP contribution in [0.25, 0.3) is 16.6 Å². The molecule has 1 unspecified atom stereocenters. The van der Waals surface area contributed by atoms with Crippen LogP contribution in [0.2, 0.25) is 0 Å². The predicted molar refractivity (Wildman–Crippen MR) is 110 cm³/mol. The molecule has 2 aliphatic carbocycles. The largest absolute Gasteiger partial charge is 0.509 e. The van der Waals surface area contributed by atoms with Crippen molar-refractivity contribution >= 4 is 22.4 Å². The number of fused-ring (bicyclic) bond motifs is 1. The molecule has 1 saturated carbocycles. The Morgan fingerprint density at radius 3 is 2.72 bits per heavy atom. The minimum absolute atomic E-state index is 0.132. The highest BCUT2D eigenvalue weighted by molar-refractivity contribution is 6.24. The van der Waals surface area contributed by atoms with E-state index in [0.29, 0.717) is 17.8 Å². The summed E-state index contributed by atoms with van der Waals surface area (Å²) in [5.74, 6) is 1.79. The molecule has 1 aromatic carbocycles. The molecule has 1 aliphatic heterocycles. The van der Waals surface area contributed by atoms with Crippen LogP contribution in [0.3, 0.4) is 0 Å². The number of benzene rings is 1. The number of rotatable bonds is 4. The Hall–Kier alpha value is -3.06. The maximum absolute atomic E-state index is 11.3. The number of aliphatic hydroxyl groups excluding tert-OH is 1. The molecule has 0 radical (unpaired) electrons. The van der Waals surface area contributed by atoms with Gasteiger partial charge in [0.2, 0.25) is 0 Å². The van der Waals surface area contributed by atoms with E-state index in [1.165, 1.54) is 0 Å². The molecule has 5 rings (SSSR count). The lowest BCUT2D eigenvalue weighted by atomic mass is 9.74. The minimum Gasteiger partial charge on any atom is -0.509 e.